The molecule has 0 bridgehead atoms. The van der Waals surface area contributed by atoms with E-state index in [1.807, 2.05) is 29.7 Å². The van der Waals surface area contributed by atoms with E-state index < -0.39 is 0 Å². The quantitative estimate of drug-likeness (QED) is 0.673. The highest BCUT2D eigenvalue weighted by Gasteiger charge is 1.98. The molecule has 0 fully saturated rings. The van der Waals surface area contributed by atoms with Crippen molar-refractivity contribution in [3.8, 4) is 0 Å². The number of hydrogen-bond donors (Lipinski definition) is 0. The van der Waals surface area contributed by atoms with Crippen molar-refractivity contribution in [3.63, 3.8) is 0 Å². The second-order valence-corrected chi connectivity index (χ2v) is 3.57. The zero-order valence-electron chi connectivity index (χ0n) is 5.95. The molecule has 2 aromatic heterocycles. The first-order valence-electron chi connectivity index (χ1n) is 3.24. The number of aromatic nitrogens is 3. The Hall–Kier alpha value is -0.650. The van der Waals surface area contributed by atoms with Gasteiger partial charge in [-0.2, -0.15) is 0 Å². The van der Waals surface area contributed by atoms with Gasteiger partial charge in [-0.3, -0.25) is 4.40 Å². The van der Waals surface area contributed by atoms with Gasteiger partial charge in [0.25, 0.3) is 0 Å². The van der Waals surface area contributed by atoms with Crippen molar-refractivity contribution < 1.29 is 0 Å². The first kappa shape index (κ1) is 7.02. The van der Waals surface area contributed by atoms with Gasteiger partial charge < -0.3 is 0 Å². The van der Waals surface area contributed by atoms with E-state index in [-0.39, 0.29) is 0 Å². The summed E-state index contributed by atoms with van der Waals surface area (Å²) in [5.74, 6) is 0.927. The Morgan fingerprint density at radius 2 is 2.27 bits per heavy atom. The Labute approximate surface area is 77.6 Å². The van der Waals surface area contributed by atoms with E-state index in [4.69, 9.17) is 0 Å². The van der Waals surface area contributed by atoms with Gasteiger partial charge in [-0.15, -0.1) is 10.2 Å². The van der Waals surface area contributed by atoms with Crippen molar-refractivity contribution in [2.75, 3.05) is 0 Å². The molecule has 0 atom stereocenters. The van der Waals surface area contributed by atoms with Crippen LogP contribution < -0.4 is 0 Å². The van der Waals surface area contributed by atoms with Crippen molar-refractivity contribution in [3.05, 3.63) is 27.7 Å². The fourth-order valence-corrected chi connectivity index (χ4v) is 1.42. The molecule has 0 aliphatic carbocycles. The molecule has 11 heavy (non-hydrogen) atoms. The number of rotatable bonds is 0. The number of halogens is 1. The normalized spacial score (nSPS) is 10.7. The van der Waals surface area contributed by atoms with E-state index in [0.29, 0.717) is 0 Å². The lowest BCUT2D eigenvalue weighted by Gasteiger charge is -1.92. The standard InChI is InChI=1S/C7H6IN3/c1-5-9-10-7-4-6(8)2-3-11(5)7/h2-4H,1H3. The van der Waals surface area contributed by atoms with Crippen LogP contribution in [-0.2, 0) is 0 Å². The molecule has 2 aromatic rings. The number of aryl methyl sites for hydroxylation is 1. The molecule has 0 aromatic carbocycles. The third kappa shape index (κ3) is 1.11. The summed E-state index contributed by atoms with van der Waals surface area (Å²) in [5.41, 5.74) is 0.911. The van der Waals surface area contributed by atoms with Gasteiger partial charge in [-0.25, -0.2) is 0 Å². The van der Waals surface area contributed by atoms with Crippen LogP contribution in [-0.4, -0.2) is 14.6 Å². The van der Waals surface area contributed by atoms with Gasteiger partial charge >= 0.3 is 0 Å². The van der Waals surface area contributed by atoms with Crippen molar-refractivity contribution in [2.45, 2.75) is 6.92 Å². The van der Waals surface area contributed by atoms with E-state index in [1.54, 1.807) is 0 Å². The average Bonchev–Trinajstić information content (AvgIpc) is 2.32. The molecule has 4 heteroatoms. The third-order valence-corrected chi connectivity index (χ3v) is 2.21. The molecule has 0 saturated carbocycles. The van der Waals surface area contributed by atoms with Gasteiger partial charge in [-0.05, 0) is 41.6 Å². The van der Waals surface area contributed by atoms with E-state index in [2.05, 4.69) is 32.8 Å². The summed E-state index contributed by atoms with van der Waals surface area (Å²) < 4.78 is 3.14. The summed E-state index contributed by atoms with van der Waals surface area (Å²) in [5, 5.41) is 7.93. The minimum absolute atomic E-state index is 0.911. The van der Waals surface area contributed by atoms with Gasteiger partial charge in [0.1, 0.15) is 5.82 Å². The lowest BCUT2D eigenvalue weighted by atomic mass is 10.5. The fourth-order valence-electron chi connectivity index (χ4n) is 0.986. The van der Waals surface area contributed by atoms with Gasteiger partial charge in [0.15, 0.2) is 5.65 Å². The van der Waals surface area contributed by atoms with Gasteiger partial charge in [0.2, 0.25) is 0 Å². The molecule has 0 N–H and O–H groups in total. The summed E-state index contributed by atoms with van der Waals surface area (Å²) in [6.07, 6.45) is 1.98. The number of hydrogen-bond acceptors (Lipinski definition) is 2. The predicted octanol–water partition coefficient (Wildman–Crippen LogP) is 1.64. The molecule has 0 amide bonds. The Bertz CT molecular complexity index is 393. The zero-order chi connectivity index (χ0) is 7.84. The van der Waals surface area contributed by atoms with E-state index in [9.17, 15) is 0 Å². The summed E-state index contributed by atoms with van der Waals surface area (Å²) in [4.78, 5) is 0. The molecule has 0 saturated heterocycles. The maximum absolute atomic E-state index is 3.99. The SMILES string of the molecule is Cc1nnc2cc(I)ccn12. The van der Waals surface area contributed by atoms with Crippen LogP contribution in [0.2, 0.25) is 0 Å². The van der Waals surface area contributed by atoms with Crippen LogP contribution in [0.15, 0.2) is 18.3 Å². The van der Waals surface area contributed by atoms with E-state index in [1.165, 1.54) is 3.57 Å². The predicted molar refractivity (Wildman–Crippen MR) is 50.4 cm³/mol. The van der Waals surface area contributed by atoms with Crippen LogP contribution in [0.1, 0.15) is 5.82 Å². The van der Waals surface area contributed by atoms with Crippen LogP contribution in [0, 0.1) is 10.5 Å². The van der Waals surface area contributed by atoms with E-state index in [0.717, 1.165) is 11.5 Å². The molecular formula is C7H6IN3. The van der Waals surface area contributed by atoms with Crippen LogP contribution in [0.4, 0.5) is 0 Å². The fraction of sp³-hybridized carbons (Fsp3) is 0.143. The second kappa shape index (κ2) is 2.44. The van der Waals surface area contributed by atoms with Gasteiger partial charge in [0.05, 0.1) is 0 Å². The summed E-state index contributed by atoms with van der Waals surface area (Å²) >= 11 is 2.26. The zero-order valence-corrected chi connectivity index (χ0v) is 8.11. The van der Waals surface area contributed by atoms with Gasteiger partial charge in [0, 0.05) is 9.77 Å². The number of fused-ring (bicyclic) bond motifs is 1. The average molecular weight is 259 g/mol. The molecule has 0 spiro atoms. The van der Waals surface area contributed by atoms with Crippen molar-refractivity contribution >= 4 is 28.2 Å². The van der Waals surface area contributed by atoms with Crippen LogP contribution in [0.5, 0.6) is 0 Å². The Morgan fingerprint density at radius 1 is 1.45 bits per heavy atom. The lowest BCUT2D eigenvalue weighted by molar-refractivity contribution is 1.01. The highest BCUT2D eigenvalue weighted by molar-refractivity contribution is 14.1. The largest absolute Gasteiger partial charge is 0.287 e. The number of nitrogens with zero attached hydrogens (tertiary/aromatic N) is 3. The first-order chi connectivity index (χ1) is 5.27. The molecular weight excluding hydrogens is 253 g/mol. The Balaban J connectivity index is 2.86. The first-order valence-corrected chi connectivity index (χ1v) is 4.32. The summed E-state index contributed by atoms with van der Waals surface area (Å²) in [6.45, 7) is 1.94. The van der Waals surface area contributed by atoms with Crippen molar-refractivity contribution in [1.82, 2.24) is 14.6 Å². The molecule has 0 aliphatic heterocycles. The molecule has 0 radical (unpaired) electrons. The van der Waals surface area contributed by atoms with Crippen LogP contribution >= 0.6 is 22.6 Å². The van der Waals surface area contributed by atoms with Crippen LogP contribution in [0.25, 0.3) is 5.65 Å². The summed E-state index contributed by atoms with van der Waals surface area (Å²) in [7, 11) is 0. The monoisotopic (exact) mass is 259 g/mol. The lowest BCUT2D eigenvalue weighted by Crippen LogP contribution is -1.86. The highest BCUT2D eigenvalue weighted by Crippen LogP contribution is 2.08. The summed E-state index contributed by atoms with van der Waals surface area (Å²) in [6, 6.07) is 4.03. The van der Waals surface area contributed by atoms with Gasteiger partial charge in [-0.1, -0.05) is 0 Å². The molecule has 0 unspecified atom stereocenters. The Kier molecular flexibility index (Phi) is 1.56. The minimum Gasteiger partial charge on any atom is -0.287 e. The minimum atomic E-state index is 0.911. The second-order valence-electron chi connectivity index (χ2n) is 2.32. The third-order valence-electron chi connectivity index (χ3n) is 1.54. The number of pyridine rings is 1. The van der Waals surface area contributed by atoms with Crippen molar-refractivity contribution in [1.29, 1.82) is 0 Å². The molecule has 2 heterocycles. The van der Waals surface area contributed by atoms with Crippen LogP contribution in [0.3, 0.4) is 0 Å². The maximum Gasteiger partial charge on any atom is 0.161 e. The van der Waals surface area contributed by atoms with E-state index >= 15 is 0 Å². The molecule has 2 rings (SSSR count). The highest BCUT2D eigenvalue weighted by atomic mass is 127. The Morgan fingerprint density at radius 3 is 3.09 bits per heavy atom. The smallest absolute Gasteiger partial charge is 0.161 e. The molecule has 56 valence electrons. The van der Waals surface area contributed by atoms with Crippen molar-refractivity contribution in [2.24, 2.45) is 0 Å². The maximum atomic E-state index is 3.99. The molecule has 0 aliphatic rings. The molecule has 3 nitrogen and oxygen atoms in total. The topological polar surface area (TPSA) is 30.2 Å².